The molecular formula is C17H25N3O2S. The first-order valence-electron chi connectivity index (χ1n) is 8.57. The van der Waals surface area contributed by atoms with Gasteiger partial charge in [0.25, 0.3) is 5.91 Å². The van der Waals surface area contributed by atoms with Crippen molar-refractivity contribution >= 4 is 28.2 Å². The van der Waals surface area contributed by atoms with E-state index < -0.39 is 5.91 Å². The third-order valence-corrected chi connectivity index (χ3v) is 6.18. The molecule has 1 aromatic heterocycles. The molecule has 23 heavy (non-hydrogen) atoms. The Morgan fingerprint density at radius 3 is 2.48 bits per heavy atom. The molecule has 5 nitrogen and oxygen atoms in total. The van der Waals surface area contributed by atoms with Gasteiger partial charge in [0.2, 0.25) is 5.91 Å². The first kappa shape index (κ1) is 16.5. The molecule has 1 saturated heterocycles. The minimum atomic E-state index is -0.429. The molecule has 3 N–H and O–H groups in total. The van der Waals surface area contributed by atoms with Crippen LogP contribution >= 0.6 is 11.3 Å². The minimum Gasteiger partial charge on any atom is -0.365 e. The Balaban J connectivity index is 1.73. The molecule has 1 aliphatic heterocycles. The van der Waals surface area contributed by atoms with Crippen LogP contribution in [-0.4, -0.2) is 35.8 Å². The van der Waals surface area contributed by atoms with Crippen molar-refractivity contribution in [2.75, 3.05) is 18.4 Å². The Morgan fingerprint density at radius 1 is 1.13 bits per heavy atom. The van der Waals surface area contributed by atoms with Gasteiger partial charge in [0.1, 0.15) is 5.00 Å². The number of nitrogens with one attached hydrogen (secondary N) is 1. The Morgan fingerprint density at radius 2 is 1.83 bits per heavy atom. The highest BCUT2D eigenvalue weighted by atomic mass is 32.1. The molecule has 1 aromatic rings. The predicted molar refractivity (Wildman–Crippen MR) is 93.0 cm³/mol. The van der Waals surface area contributed by atoms with Crippen molar-refractivity contribution in [3.63, 3.8) is 0 Å². The second-order valence-corrected chi connectivity index (χ2v) is 7.65. The zero-order chi connectivity index (χ0) is 16.4. The average Bonchev–Trinajstić information content (AvgIpc) is 2.96. The zero-order valence-electron chi connectivity index (χ0n) is 13.7. The van der Waals surface area contributed by atoms with Gasteiger partial charge in [0, 0.05) is 4.88 Å². The first-order chi connectivity index (χ1) is 11.1. The van der Waals surface area contributed by atoms with Gasteiger partial charge in [-0.1, -0.05) is 12.8 Å². The summed E-state index contributed by atoms with van der Waals surface area (Å²) in [6.45, 7) is 3.89. The van der Waals surface area contributed by atoms with Gasteiger partial charge >= 0.3 is 0 Å². The summed E-state index contributed by atoms with van der Waals surface area (Å²) < 4.78 is 0. The molecule has 0 radical (unpaired) electrons. The van der Waals surface area contributed by atoms with Crippen molar-refractivity contribution in [3.8, 4) is 0 Å². The number of rotatable bonds is 4. The second-order valence-electron chi connectivity index (χ2n) is 6.54. The van der Waals surface area contributed by atoms with Gasteiger partial charge in [-0.05, 0) is 57.7 Å². The number of carbonyl (C=O) groups is 2. The molecule has 0 spiro atoms. The molecular weight excluding hydrogens is 310 g/mol. The van der Waals surface area contributed by atoms with Crippen molar-refractivity contribution < 1.29 is 9.59 Å². The number of anilines is 1. The lowest BCUT2D eigenvalue weighted by molar-refractivity contribution is -0.120. The molecule has 6 heteroatoms. The third-order valence-electron chi connectivity index (χ3n) is 4.97. The maximum Gasteiger partial charge on any atom is 0.251 e. The van der Waals surface area contributed by atoms with Gasteiger partial charge < -0.3 is 11.1 Å². The van der Waals surface area contributed by atoms with Crippen LogP contribution in [0.5, 0.6) is 0 Å². The van der Waals surface area contributed by atoms with Crippen LogP contribution in [0, 0.1) is 0 Å². The van der Waals surface area contributed by atoms with Gasteiger partial charge in [-0.3, -0.25) is 14.5 Å². The monoisotopic (exact) mass is 335 g/mol. The molecule has 1 atom stereocenters. The summed E-state index contributed by atoms with van der Waals surface area (Å²) in [6.07, 6.45) is 7.73. The topological polar surface area (TPSA) is 75.4 Å². The van der Waals surface area contributed by atoms with Crippen LogP contribution in [0.1, 0.15) is 59.8 Å². The quantitative estimate of drug-likeness (QED) is 0.888. The summed E-state index contributed by atoms with van der Waals surface area (Å²) >= 11 is 1.52. The first-order valence-corrected chi connectivity index (χ1v) is 9.39. The highest BCUT2D eigenvalue weighted by Gasteiger charge is 2.28. The molecule has 2 amide bonds. The molecule has 0 bridgehead atoms. The Kier molecular flexibility index (Phi) is 5.02. The van der Waals surface area contributed by atoms with Crippen LogP contribution in [0.15, 0.2) is 0 Å². The fourth-order valence-electron chi connectivity index (χ4n) is 3.62. The number of nitrogens with zero attached hydrogens (tertiary/aromatic N) is 1. The highest BCUT2D eigenvalue weighted by Crippen LogP contribution is 2.38. The molecule has 3 rings (SSSR count). The predicted octanol–water partition coefficient (Wildman–Crippen LogP) is 2.54. The second kappa shape index (κ2) is 7.01. The van der Waals surface area contributed by atoms with E-state index >= 15 is 0 Å². The number of primary amides is 1. The number of likely N-dealkylation sites (tertiary alicyclic amines) is 1. The van der Waals surface area contributed by atoms with Crippen LogP contribution in [0.2, 0.25) is 0 Å². The lowest BCUT2D eigenvalue weighted by Gasteiger charge is -2.26. The largest absolute Gasteiger partial charge is 0.365 e. The Labute approximate surface area is 141 Å². The molecule has 0 aromatic carbocycles. The molecule has 2 heterocycles. The highest BCUT2D eigenvalue weighted by molar-refractivity contribution is 7.17. The number of amides is 2. The van der Waals surface area contributed by atoms with Crippen molar-refractivity contribution in [1.82, 2.24) is 4.90 Å². The van der Waals surface area contributed by atoms with E-state index in [1.165, 1.54) is 29.1 Å². The number of hydrogen-bond donors (Lipinski definition) is 2. The molecule has 1 fully saturated rings. The summed E-state index contributed by atoms with van der Waals surface area (Å²) in [7, 11) is 0. The Hall–Kier alpha value is -1.40. The number of carbonyl (C=O) groups excluding carboxylic acids is 2. The van der Waals surface area contributed by atoms with E-state index in [-0.39, 0.29) is 11.9 Å². The van der Waals surface area contributed by atoms with E-state index in [1.807, 2.05) is 6.92 Å². The maximum atomic E-state index is 12.6. The number of hydrogen-bond acceptors (Lipinski definition) is 4. The number of aryl methyl sites for hydroxylation is 1. The summed E-state index contributed by atoms with van der Waals surface area (Å²) in [5, 5.41) is 3.62. The van der Waals surface area contributed by atoms with Crippen molar-refractivity contribution in [1.29, 1.82) is 0 Å². The van der Waals surface area contributed by atoms with Gasteiger partial charge in [-0.15, -0.1) is 11.3 Å². The maximum absolute atomic E-state index is 12.6. The summed E-state index contributed by atoms with van der Waals surface area (Å²) in [4.78, 5) is 27.9. The van der Waals surface area contributed by atoms with Crippen LogP contribution in [0.4, 0.5) is 5.00 Å². The standard InChI is InChI=1S/C17H25N3O2S/c1-11(20-9-4-2-3-5-10-20)16(22)19-17-14(15(18)21)12-7-6-8-13(12)23-17/h11H,2-10H2,1H3,(H2,18,21)(H,19,22)/t11-/m0/s1. The minimum absolute atomic E-state index is 0.0330. The van der Waals surface area contributed by atoms with Crippen molar-refractivity contribution in [2.24, 2.45) is 5.73 Å². The number of fused-ring (bicyclic) bond motifs is 1. The average molecular weight is 335 g/mol. The van der Waals surface area contributed by atoms with E-state index in [0.717, 1.165) is 50.8 Å². The normalized spacial score (nSPS) is 19.9. The number of nitrogens with two attached hydrogens (primary N) is 1. The van der Waals surface area contributed by atoms with Gasteiger partial charge in [0.05, 0.1) is 11.6 Å². The summed E-state index contributed by atoms with van der Waals surface area (Å²) in [5.41, 5.74) is 7.15. The third kappa shape index (κ3) is 3.43. The molecule has 0 unspecified atom stereocenters. The molecule has 1 aliphatic carbocycles. The fraction of sp³-hybridized carbons (Fsp3) is 0.647. The molecule has 2 aliphatic rings. The molecule has 0 saturated carbocycles. The zero-order valence-corrected chi connectivity index (χ0v) is 14.5. The van der Waals surface area contributed by atoms with Crippen molar-refractivity contribution in [2.45, 2.75) is 57.9 Å². The van der Waals surface area contributed by atoms with Crippen LogP contribution in [-0.2, 0) is 17.6 Å². The van der Waals surface area contributed by atoms with Crippen LogP contribution in [0.3, 0.4) is 0 Å². The lowest BCUT2D eigenvalue weighted by Crippen LogP contribution is -2.42. The summed E-state index contributed by atoms with van der Waals surface area (Å²) in [6, 6.07) is -0.175. The van der Waals surface area contributed by atoms with Crippen LogP contribution < -0.4 is 11.1 Å². The lowest BCUT2D eigenvalue weighted by atomic mass is 10.1. The van der Waals surface area contributed by atoms with E-state index in [4.69, 9.17) is 5.73 Å². The van der Waals surface area contributed by atoms with Crippen molar-refractivity contribution in [3.05, 3.63) is 16.0 Å². The fourth-order valence-corrected chi connectivity index (χ4v) is 4.92. The van der Waals surface area contributed by atoms with Crippen LogP contribution in [0.25, 0.3) is 0 Å². The van der Waals surface area contributed by atoms with E-state index in [2.05, 4.69) is 10.2 Å². The smallest absolute Gasteiger partial charge is 0.251 e. The van der Waals surface area contributed by atoms with E-state index in [0.29, 0.717) is 10.6 Å². The number of thiophene rings is 1. The SMILES string of the molecule is C[C@@H](C(=O)Nc1sc2c(c1C(N)=O)CCC2)N1CCCCCC1. The van der Waals surface area contributed by atoms with Gasteiger partial charge in [-0.25, -0.2) is 0 Å². The van der Waals surface area contributed by atoms with Gasteiger partial charge in [0.15, 0.2) is 0 Å². The Bertz CT molecular complexity index is 603. The van der Waals surface area contributed by atoms with E-state index in [1.54, 1.807) is 0 Å². The summed E-state index contributed by atoms with van der Waals surface area (Å²) in [5.74, 6) is -0.462. The van der Waals surface area contributed by atoms with Gasteiger partial charge in [-0.2, -0.15) is 0 Å². The van der Waals surface area contributed by atoms with E-state index in [9.17, 15) is 9.59 Å². The molecule has 126 valence electrons.